The fourth-order valence-corrected chi connectivity index (χ4v) is 1.35. The first-order valence-electron chi connectivity index (χ1n) is 4.81. The number of nitrogens with one attached hydrogen (secondary N) is 1. The van der Waals surface area contributed by atoms with Crippen molar-refractivity contribution in [1.82, 2.24) is 5.32 Å². The third-order valence-corrected chi connectivity index (χ3v) is 2.66. The second kappa shape index (κ2) is 5.32. The fraction of sp³-hybridized carbons (Fsp3) is 0.455. The van der Waals surface area contributed by atoms with E-state index in [1.165, 1.54) is 6.07 Å². The summed E-state index contributed by atoms with van der Waals surface area (Å²) in [5.41, 5.74) is 0.550. The molecule has 0 amide bonds. The number of rotatable bonds is 4. The largest absolute Gasteiger partial charge is 0.310 e. The first-order valence-corrected chi connectivity index (χ1v) is 5.19. The molecular weight excluding hydrogens is 201 g/mol. The normalized spacial score (nSPS) is 12.9. The Labute approximate surface area is 89.3 Å². The molecule has 0 bridgehead atoms. The van der Waals surface area contributed by atoms with Crippen molar-refractivity contribution in [2.45, 2.75) is 32.9 Å². The lowest BCUT2D eigenvalue weighted by Crippen LogP contribution is -2.25. The van der Waals surface area contributed by atoms with E-state index >= 15 is 0 Å². The maximum Gasteiger partial charge on any atom is 0.129 e. The molecule has 1 unspecified atom stereocenters. The van der Waals surface area contributed by atoms with E-state index < -0.39 is 0 Å². The van der Waals surface area contributed by atoms with Crippen molar-refractivity contribution in [2.75, 3.05) is 0 Å². The summed E-state index contributed by atoms with van der Waals surface area (Å²) in [6.07, 6.45) is 1.02. The van der Waals surface area contributed by atoms with Gasteiger partial charge in [0, 0.05) is 23.2 Å². The van der Waals surface area contributed by atoms with Crippen LogP contribution in [0.1, 0.15) is 25.8 Å². The Morgan fingerprint density at radius 3 is 2.79 bits per heavy atom. The van der Waals surface area contributed by atoms with E-state index in [1.54, 1.807) is 12.1 Å². The van der Waals surface area contributed by atoms with Gasteiger partial charge in [0.2, 0.25) is 0 Å². The molecule has 1 aromatic carbocycles. The van der Waals surface area contributed by atoms with Crippen LogP contribution in [0.4, 0.5) is 4.39 Å². The smallest absolute Gasteiger partial charge is 0.129 e. The molecule has 3 heteroatoms. The Balaban J connectivity index is 2.66. The molecule has 0 aliphatic carbocycles. The monoisotopic (exact) mass is 215 g/mol. The van der Waals surface area contributed by atoms with Crippen LogP contribution in [0, 0.1) is 5.82 Å². The van der Waals surface area contributed by atoms with Crippen molar-refractivity contribution in [3.63, 3.8) is 0 Å². The Hall–Kier alpha value is -0.600. The highest BCUT2D eigenvalue weighted by Crippen LogP contribution is 2.18. The van der Waals surface area contributed by atoms with Gasteiger partial charge in [-0.25, -0.2) is 4.39 Å². The third-order valence-electron chi connectivity index (χ3n) is 2.30. The Bertz CT molecular complexity index is 281. The SMILES string of the molecule is CCC(C)NCc1c(F)cccc1Cl. The van der Waals surface area contributed by atoms with Crippen molar-refractivity contribution in [3.05, 3.63) is 34.6 Å². The zero-order valence-corrected chi connectivity index (χ0v) is 9.24. The van der Waals surface area contributed by atoms with Gasteiger partial charge in [0.15, 0.2) is 0 Å². The Kier molecular flexibility index (Phi) is 4.36. The second-order valence-corrected chi connectivity index (χ2v) is 3.80. The fourth-order valence-electron chi connectivity index (χ4n) is 1.12. The topological polar surface area (TPSA) is 12.0 Å². The van der Waals surface area contributed by atoms with Gasteiger partial charge in [-0.1, -0.05) is 24.6 Å². The van der Waals surface area contributed by atoms with Crippen LogP contribution in [0.2, 0.25) is 5.02 Å². The highest BCUT2D eigenvalue weighted by Gasteiger charge is 2.07. The van der Waals surface area contributed by atoms with Gasteiger partial charge in [0.25, 0.3) is 0 Å². The minimum absolute atomic E-state index is 0.242. The molecule has 0 saturated heterocycles. The summed E-state index contributed by atoms with van der Waals surface area (Å²) < 4.78 is 13.3. The molecule has 0 spiro atoms. The second-order valence-electron chi connectivity index (χ2n) is 3.39. The standard InChI is InChI=1S/C11H15ClFN/c1-3-8(2)14-7-9-10(12)5-4-6-11(9)13/h4-6,8,14H,3,7H2,1-2H3. The maximum absolute atomic E-state index is 13.3. The van der Waals surface area contributed by atoms with Crippen LogP contribution in [0.25, 0.3) is 0 Å². The molecule has 0 heterocycles. The lowest BCUT2D eigenvalue weighted by atomic mass is 10.2. The van der Waals surface area contributed by atoms with Crippen molar-refractivity contribution in [1.29, 1.82) is 0 Å². The first kappa shape index (κ1) is 11.5. The van der Waals surface area contributed by atoms with Crippen molar-refractivity contribution in [2.24, 2.45) is 0 Å². The van der Waals surface area contributed by atoms with Gasteiger partial charge in [-0.2, -0.15) is 0 Å². The van der Waals surface area contributed by atoms with Crippen LogP contribution in [-0.2, 0) is 6.54 Å². The van der Waals surface area contributed by atoms with Crippen molar-refractivity contribution >= 4 is 11.6 Å². The predicted molar refractivity (Wildman–Crippen MR) is 58.0 cm³/mol. The van der Waals surface area contributed by atoms with Gasteiger partial charge in [-0.3, -0.25) is 0 Å². The first-order chi connectivity index (χ1) is 6.65. The summed E-state index contributed by atoms with van der Waals surface area (Å²) in [6, 6.07) is 5.13. The summed E-state index contributed by atoms with van der Waals surface area (Å²) in [7, 11) is 0. The zero-order chi connectivity index (χ0) is 10.6. The van der Waals surface area contributed by atoms with Crippen LogP contribution in [0.3, 0.4) is 0 Å². The van der Waals surface area contributed by atoms with Crippen LogP contribution < -0.4 is 5.32 Å². The Morgan fingerprint density at radius 2 is 2.21 bits per heavy atom. The van der Waals surface area contributed by atoms with Crippen molar-refractivity contribution < 1.29 is 4.39 Å². The van der Waals surface area contributed by atoms with E-state index in [9.17, 15) is 4.39 Å². The van der Waals surface area contributed by atoms with Gasteiger partial charge < -0.3 is 5.32 Å². The van der Waals surface area contributed by atoms with Crippen molar-refractivity contribution in [3.8, 4) is 0 Å². The van der Waals surface area contributed by atoms with Gasteiger partial charge in [0.05, 0.1) is 0 Å². The molecule has 78 valence electrons. The molecule has 0 fully saturated rings. The highest BCUT2D eigenvalue weighted by molar-refractivity contribution is 6.31. The molecule has 1 rings (SSSR count). The summed E-state index contributed by atoms with van der Waals surface area (Å²) in [6.45, 7) is 4.63. The van der Waals surface area contributed by atoms with Crippen LogP contribution in [0.15, 0.2) is 18.2 Å². The van der Waals surface area contributed by atoms with Gasteiger partial charge >= 0.3 is 0 Å². The summed E-state index contributed by atoms with van der Waals surface area (Å²) in [5.74, 6) is -0.242. The molecule has 1 nitrogen and oxygen atoms in total. The minimum atomic E-state index is -0.242. The van der Waals surface area contributed by atoms with Crippen LogP contribution in [0.5, 0.6) is 0 Å². The number of hydrogen-bond donors (Lipinski definition) is 1. The summed E-state index contributed by atoms with van der Waals surface area (Å²) >= 11 is 5.88. The van der Waals surface area contributed by atoms with E-state index in [0.29, 0.717) is 23.2 Å². The minimum Gasteiger partial charge on any atom is -0.310 e. The predicted octanol–water partition coefficient (Wildman–Crippen LogP) is 3.37. The molecule has 0 aliphatic rings. The zero-order valence-electron chi connectivity index (χ0n) is 8.48. The van der Waals surface area contributed by atoms with Crippen LogP contribution >= 0.6 is 11.6 Å². The van der Waals surface area contributed by atoms with E-state index in [1.807, 2.05) is 0 Å². The van der Waals surface area contributed by atoms with Gasteiger partial charge in [-0.05, 0) is 25.5 Å². The maximum atomic E-state index is 13.3. The molecule has 0 aromatic heterocycles. The number of hydrogen-bond acceptors (Lipinski definition) is 1. The molecular formula is C11H15ClFN. The lowest BCUT2D eigenvalue weighted by Gasteiger charge is -2.12. The Morgan fingerprint density at radius 1 is 1.50 bits per heavy atom. The average molecular weight is 216 g/mol. The third kappa shape index (κ3) is 2.96. The summed E-state index contributed by atoms with van der Waals surface area (Å²) in [4.78, 5) is 0. The molecule has 1 atom stereocenters. The molecule has 0 aliphatic heterocycles. The molecule has 1 N–H and O–H groups in total. The summed E-state index contributed by atoms with van der Waals surface area (Å²) in [5, 5.41) is 3.69. The molecule has 0 saturated carbocycles. The van der Waals surface area contributed by atoms with E-state index in [0.717, 1.165) is 6.42 Å². The van der Waals surface area contributed by atoms with E-state index in [4.69, 9.17) is 11.6 Å². The molecule has 0 radical (unpaired) electrons. The lowest BCUT2D eigenvalue weighted by molar-refractivity contribution is 0.517. The quantitative estimate of drug-likeness (QED) is 0.812. The average Bonchev–Trinajstić information content (AvgIpc) is 2.16. The van der Waals surface area contributed by atoms with E-state index in [2.05, 4.69) is 19.2 Å². The van der Waals surface area contributed by atoms with E-state index in [-0.39, 0.29) is 5.82 Å². The molecule has 14 heavy (non-hydrogen) atoms. The van der Waals surface area contributed by atoms with Gasteiger partial charge in [0.1, 0.15) is 5.82 Å². The highest BCUT2D eigenvalue weighted by atomic mass is 35.5. The molecule has 1 aromatic rings. The number of halogens is 2. The van der Waals surface area contributed by atoms with Gasteiger partial charge in [-0.15, -0.1) is 0 Å². The van der Waals surface area contributed by atoms with Crippen LogP contribution in [-0.4, -0.2) is 6.04 Å². The number of benzene rings is 1.